The number of halogens is 1. The fraction of sp³-hybridized carbons (Fsp3) is 0.818. The fourth-order valence-corrected chi connectivity index (χ4v) is 2.37. The molecule has 1 N–H and O–H groups in total. The number of hydrogen-bond donors (Lipinski definition) is 1. The van der Waals surface area contributed by atoms with E-state index in [0.717, 1.165) is 32.3 Å². The predicted molar refractivity (Wildman–Crippen MR) is 67.1 cm³/mol. The largest absolute Gasteiger partial charge is 0.342 e. The number of nitrogens with zero attached hydrogens (tertiary/aromatic N) is 2. The number of nitrogens with one attached hydrogen (secondary N) is 1. The third-order valence-corrected chi connectivity index (χ3v) is 3.46. The van der Waals surface area contributed by atoms with Gasteiger partial charge < -0.3 is 15.1 Å². The number of amides is 2. The van der Waals surface area contributed by atoms with Crippen LogP contribution >= 0.6 is 12.4 Å². The van der Waals surface area contributed by atoms with Gasteiger partial charge in [-0.3, -0.25) is 9.59 Å². The van der Waals surface area contributed by atoms with Crippen LogP contribution in [0.1, 0.15) is 12.8 Å². The topological polar surface area (TPSA) is 52.7 Å². The fourth-order valence-electron chi connectivity index (χ4n) is 2.37. The number of piperidine rings is 1. The van der Waals surface area contributed by atoms with E-state index in [1.54, 1.807) is 4.90 Å². The minimum absolute atomic E-state index is 0. The van der Waals surface area contributed by atoms with Crippen LogP contribution in [0.5, 0.6) is 0 Å². The maximum Gasteiger partial charge on any atom is 0.225 e. The van der Waals surface area contributed by atoms with Crippen LogP contribution in [0, 0.1) is 5.92 Å². The zero-order valence-electron chi connectivity index (χ0n) is 9.93. The highest BCUT2D eigenvalue weighted by atomic mass is 35.5. The monoisotopic (exact) mass is 261 g/mol. The van der Waals surface area contributed by atoms with Gasteiger partial charge in [-0.05, 0) is 25.9 Å². The Balaban J connectivity index is 0.00000144. The van der Waals surface area contributed by atoms with Gasteiger partial charge in [0.1, 0.15) is 0 Å². The van der Waals surface area contributed by atoms with Gasteiger partial charge in [0.05, 0.1) is 0 Å². The van der Waals surface area contributed by atoms with Gasteiger partial charge in [0, 0.05) is 32.1 Å². The minimum atomic E-state index is 0. The molecule has 2 rings (SSSR count). The second-order valence-electron chi connectivity index (χ2n) is 4.49. The first-order valence-corrected chi connectivity index (χ1v) is 6.00. The minimum Gasteiger partial charge on any atom is -0.342 e. The lowest BCUT2D eigenvalue weighted by molar-refractivity contribution is -0.139. The molecule has 5 nitrogen and oxygen atoms in total. The van der Waals surface area contributed by atoms with Gasteiger partial charge in [-0.2, -0.15) is 0 Å². The summed E-state index contributed by atoms with van der Waals surface area (Å²) in [5.41, 5.74) is 0. The van der Waals surface area contributed by atoms with Crippen molar-refractivity contribution >= 4 is 24.7 Å². The van der Waals surface area contributed by atoms with Crippen molar-refractivity contribution in [3.05, 3.63) is 0 Å². The highest BCUT2D eigenvalue weighted by molar-refractivity contribution is 5.85. The average molecular weight is 262 g/mol. The van der Waals surface area contributed by atoms with Crippen molar-refractivity contribution in [2.75, 3.05) is 39.3 Å². The van der Waals surface area contributed by atoms with E-state index >= 15 is 0 Å². The molecule has 2 amide bonds. The molecule has 17 heavy (non-hydrogen) atoms. The molecule has 0 bridgehead atoms. The standard InChI is InChI=1S/C11H19N3O2.ClH/c15-9-13-5-7-14(8-6-13)11(16)10-1-3-12-4-2-10;/h9-10,12H,1-8H2;1H. The zero-order chi connectivity index (χ0) is 11.4. The van der Waals surface area contributed by atoms with Crippen LogP contribution in [-0.4, -0.2) is 61.4 Å². The normalized spacial score (nSPS) is 21.9. The van der Waals surface area contributed by atoms with Gasteiger partial charge in [-0.15, -0.1) is 12.4 Å². The summed E-state index contributed by atoms with van der Waals surface area (Å²) in [6.45, 7) is 4.65. The van der Waals surface area contributed by atoms with E-state index in [0.29, 0.717) is 26.2 Å². The van der Waals surface area contributed by atoms with Crippen LogP contribution in [0.25, 0.3) is 0 Å². The molecule has 98 valence electrons. The van der Waals surface area contributed by atoms with Crippen molar-refractivity contribution in [1.82, 2.24) is 15.1 Å². The smallest absolute Gasteiger partial charge is 0.225 e. The first-order valence-electron chi connectivity index (χ1n) is 6.00. The van der Waals surface area contributed by atoms with E-state index in [9.17, 15) is 9.59 Å². The van der Waals surface area contributed by atoms with Crippen LogP contribution < -0.4 is 5.32 Å². The number of piperazine rings is 1. The summed E-state index contributed by atoms with van der Waals surface area (Å²) in [4.78, 5) is 26.3. The molecule has 2 fully saturated rings. The van der Waals surface area contributed by atoms with Gasteiger partial charge in [0.25, 0.3) is 0 Å². The molecule has 2 heterocycles. The number of rotatable bonds is 2. The Kier molecular flexibility index (Phi) is 5.71. The van der Waals surface area contributed by atoms with Crippen LogP contribution in [0.3, 0.4) is 0 Å². The highest BCUT2D eigenvalue weighted by Crippen LogP contribution is 2.16. The lowest BCUT2D eigenvalue weighted by atomic mass is 9.96. The first-order chi connectivity index (χ1) is 7.81. The Morgan fingerprint density at radius 1 is 1.12 bits per heavy atom. The molecule has 0 aromatic heterocycles. The molecule has 0 spiro atoms. The molecular weight excluding hydrogens is 242 g/mol. The van der Waals surface area contributed by atoms with Gasteiger partial charge in [-0.1, -0.05) is 0 Å². The SMILES string of the molecule is Cl.O=CN1CCN(C(=O)C2CCNCC2)CC1. The summed E-state index contributed by atoms with van der Waals surface area (Å²) in [5.74, 6) is 0.482. The summed E-state index contributed by atoms with van der Waals surface area (Å²) in [7, 11) is 0. The number of carbonyl (C=O) groups is 2. The predicted octanol–water partition coefficient (Wildman–Crippen LogP) is -0.292. The van der Waals surface area contributed by atoms with Crippen molar-refractivity contribution < 1.29 is 9.59 Å². The van der Waals surface area contributed by atoms with E-state index in [1.807, 2.05) is 4.90 Å². The second kappa shape index (κ2) is 6.81. The van der Waals surface area contributed by atoms with Crippen LogP contribution in [-0.2, 0) is 9.59 Å². The first kappa shape index (κ1) is 14.3. The van der Waals surface area contributed by atoms with Crippen molar-refractivity contribution in [2.24, 2.45) is 5.92 Å². The quantitative estimate of drug-likeness (QED) is 0.695. The van der Waals surface area contributed by atoms with Crippen molar-refractivity contribution in [2.45, 2.75) is 12.8 Å². The Morgan fingerprint density at radius 2 is 1.71 bits per heavy atom. The Hall–Kier alpha value is -0.810. The number of hydrogen-bond acceptors (Lipinski definition) is 3. The second-order valence-corrected chi connectivity index (χ2v) is 4.49. The summed E-state index contributed by atoms with van der Waals surface area (Å²) < 4.78 is 0. The summed E-state index contributed by atoms with van der Waals surface area (Å²) in [5, 5.41) is 3.26. The van der Waals surface area contributed by atoms with Crippen LogP contribution in [0.2, 0.25) is 0 Å². The molecule has 0 radical (unpaired) electrons. The van der Waals surface area contributed by atoms with Crippen LogP contribution in [0.15, 0.2) is 0 Å². The average Bonchev–Trinajstić information content (AvgIpc) is 2.39. The van der Waals surface area contributed by atoms with Gasteiger partial charge in [0.2, 0.25) is 12.3 Å². The molecule has 0 saturated carbocycles. The van der Waals surface area contributed by atoms with Crippen molar-refractivity contribution in [3.8, 4) is 0 Å². The molecule has 0 aliphatic carbocycles. The molecule has 0 atom stereocenters. The van der Waals surface area contributed by atoms with Crippen molar-refractivity contribution in [1.29, 1.82) is 0 Å². The molecule has 6 heteroatoms. The van der Waals surface area contributed by atoms with E-state index in [1.165, 1.54) is 0 Å². The highest BCUT2D eigenvalue weighted by Gasteiger charge is 2.27. The van der Waals surface area contributed by atoms with Gasteiger partial charge in [-0.25, -0.2) is 0 Å². The maximum atomic E-state index is 12.1. The summed E-state index contributed by atoms with van der Waals surface area (Å²) in [6.07, 6.45) is 2.77. The zero-order valence-corrected chi connectivity index (χ0v) is 10.7. The van der Waals surface area contributed by atoms with Crippen molar-refractivity contribution in [3.63, 3.8) is 0 Å². The lowest BCUT2D eigenvalue weighted by Gasteiger charge is -2.35. The molecule has 0 aromatic carbocycles. The molecule has 2 aliphatic rings. The Bertz CT molecular complexity index is 261. The lowest BCUT2D eigenvalue weighted by Crippen LogP contribution is -2.50. The van der Waals surface area contributed by atoms with Gasteiger partial charge in [0.15, 0.2) is 0 Å². The molecule has 2 aliphatic heterocycles. The van der Waals surface area contributed by atoms with E-state index < -0.39 is 0 Å². The third kappa shape index (κ3) is 3.57. The van der Waals surface area contributed by atoms with E-state index in [-0.39, 0.29) is 24.2 Å². The molecule has 2 saturated heterocycles. The molecule has 0 aromatic rings. The molecular formula is C11H20ClN3O2. The Labute approximate surface area is 108 Å². The number of carbonyl (C=O) groups excluding carboxylic acids is 2. The molecule has 0 unspecified atom stereocenters. The van der Waals surface area contributed by atoms with E-state index in [4.69, 9.17) is 0 Å². The van der Waals surface area contributed by atoms with E-state index in [2.05, 4.69) is 5.32 Å². The van der Waals surface area contributed by atoms with Crippen LogP contribution in [0.4, 0.5) is 0 Å². The van der Waals surface area contributed by atoms with Gasteiger partial charge >= 0.3 is 0 Å². The third-order valence-electron chi connectivity index (χ3n) is 3.46. The Morgan fingerprint density at radius 3 is 2.24 bits per heavy atom. The summed E-state index contributed by atoms with van der Waals surface area (Å²) in [6, 6.07) is 0. The maximum absolute atomic E-state index is 12.1. The summed E-state index contributed by atoms with van der Waals surface area (Å²) >= 11 is 0.